The Bertz CT molecular complexity index is 869. The molecule has 4 heteroatoms. The van der Waals surface area contributed by atoms with Crippen LogP contribution in [0.25, 0.3) is 10.8 Å². The van der Waals surface area contributed by atoms with Crippen molar-refractivity contribution in [2.24, 2.45) is 17.8 Å². The van der Waals surface area contributed by atoms with Crippen LogP contribution in [0.2, 0.25) is 0 Å². The van der Waals surface area contributed by atoms with E-state index in [2.05, 4.69) is 6.92 Å². The van der Waals surface area contributed by atoms with Crippen LogP contribution >= 0.6 is 0 Å². The summed E-state index contributed by atoms with van der Waals surface area (Å²) in [4.78, 5) is 0. The minimum absolute atomic E-state index is 0.0647. The van der Waals surface area contributed by atoms with Gasteiger partial charge in [-0.25, -0.2) is 4.39 Å². The van der Waals surface area contributed by atoms with Crippen LogP contribution in [0, 0.1) is 23.6 Å². The molecular weight excluding hydrogens is 388 g/mol. The van der Waals surface area contributed by atoms with Crippen LogP contribution in [0.1, 0.15) is 88.2 Å². The standard InChI is InChI=1S/C26H32F4/c1-2-3-4-5-17-6-7-19-13-20(9-8-18(19)12-17)22-14-21-10-11-23(26(28,29)30)16-24(21)25(27)15-22/h10-11,14-20H,2-9,12-13H2,1H3. The minimum Gasteiger partial charge on any atom is -0.206 e. The van der Waals surface area contributed by atoms with Gasteiger partial charge in [0, 0.05) is 5.39 Å². The molecule has 2 fully saturated rings. The van der Waals surface area contributed by atoms with Crippen LogP contribution in [-0.2, 0) is 6.18 Å². The molecule has 2 aromatic carbocycles. The minimum atomic E-state index is -4.45. The molecule has 2 aromatic rings. The molecule has 0 bridgehead atoms. The van der Waals surface area contributed by atoms with Crippen molar-refractivity contribution < 1.29 is 17.6 Å². The average Bonchev–Trinajstić information content (AvgIpc) is 2.72. The zero-order chi connectivity index (χ0) is 21.3. The van der Waals surface area contributed by atoms with Crippen molar-refractivity contribution >= 4 is 10.8 Å². The van der Waals surface area contributed by atoms with E-state index in [1.807, 2.05) is 6.07 Å². The van der Waals surface area contributed by atoms with Gasteiger partial charge in [-0.15, -0.1) is 0 Å². The number of hydrogen-bond donors (Lipinski definition) is 0. The lowest BCUT2D eigenvalue weighted by molar-refractivity contribution is -0.137. The van der Waals surface area contributed by atoms with Gasteiger partial charge in [-0.1, -0.05) is 51.2 Å². The molecule has 30 heavy (non-hydrogen) atoms. The summed E-state index contributed by atoms with van der Waals surface area (Å²) in [6, 6.07) is 6.81. The van der Waals surface area contributed by atoms with Crippen molar-refractivity contribution in [1.82, 2.24) is 0 Å². The van der Waals surface area contributed by atoms with E-state index in [0.29, 0.717) is 11.3 Å². The first-order valence-corrected chi connectivity index (χ1v) is 11.7. The molecule has 4 atom stereocenters. The molecule has 2 saturated carbocycles. The maximum atomic E-state index is 14.7. The van der Waals surface area contributed by atoms with Crippen molar-refractivity contribution in [2.45, 2.75) is 83.2 Å². The summed E-state index contributed by atoms with van der Waals surface area (Å²) in [6.45, 7) is 2.25. The highest BCUT2D eigenvalue weighted by atomic mass is 19.4. The molecular formula is C26H32F4. The van der Waals surface area contributed by atoms with Gasteiger partial charge < -0.3 is 0 Å². The molecule has 0 amide bonds. The highest BCUT2D eigenvalue weighted by Gasteiger charge is 2.36. The number of halogens is 4. The molecule has 0 radical (unpaired) electrons. The lowest BCUT2D eigenvalue weighted by Gasteiger charge is -2.42. The fourth-order valence-electron chi connectivity index (χ4n) is 5.98. The maximum absolute atomic E-state index is 14.7. The Balaban J connectivity index is 1.46. The van der Waals surface area contributed by atoms with Gasteiger partial charge in [-0.05, 0) is 84.9 Å². The van der Waals surface area contributed by atoms with Crippen LogP contribution in [0.3, 0.4) is 0 Å². The van der Waals surface area contributed by atoms with Crippen molar-refractivity contribution in [1.29, 1.82) is 0 Å². The third-order valence-corrected chi connectivity index (χ3v) is 7.66. The second kappa shape index (κ2) is 8.88. The molecule has 164 valence electrons. The molecule has 2 aliphatic rings. The summed E-state index contributed by atoms with van der Waals surface area (Å²) < 4.78 is 53.6. The summed E-state index contributed by atoms with van der Waals surface area (Å²) in [5.74, 6) is 2.20. The zero-order valence-corrected chi connectivity index (χ0v) is 17.8. The lowest BCUT2D eigenvalue weighted by Crippen LogP contribution is -2.30. The average molecular weight is 421 g/mol. The molecule has 4 unspecified atom stereocenters. The third-order valence-electron chi connectivity index (χ3n) is 7.66. The van der Waals surface area contributed by atoms with Gasteiger partial charge in [0.2, 0.25) is 0 Å². The van der Waals surface area contributed by atoms with E-state index in [-0.39, 0.29) is 5.39 Å². The first-order valence-electron chi connectivity index (χ1n) is 11.7. The summed E-state index contributed by atoms with van der Waals surface area (Å²) in [6.07, 6.45) is 8.21. The van der Waals surface area contributed by atoms with Gasteiger partial charge in [0.25, 0.3) is 0 Å². The normalized spacial score (nSPS) is 27.2. The van der Waals surface area contributed by atoms with E-state index in [9.17, 15) is 17.6 Å². The molecule has 0 aromatic heterocycles. The predicted octanol–water partition coefficient (Wildman–Crippen LogP) is 8.88. The van der Waals surface area contributed by atoms with Gasteiger partial charge in [0.15, 0.2) is 0 Å². The van der Waals surface area contributed by atoms with E-state index in [1.165, 1.54) is 63.5 Å². The van der Waals surface area contributed by atoms with E-state index in [0.717, 1.165) is 48.3 Å². The number of benzene rings is 2. The predicted molar refractivity (Wildman–Crippen MR) is 114 cm³/mol. The monoisotopic (exact) mass is 420 g/mol. The number of fused-ring (bicyclic) bond motifs is 2. The fraction of sp³-hybridized carbons (Fsp3) is 0.615. The SMILES string of the molecule is CCCCCC1CCC2CC(c3cc(F)c4cc(C(F)(F)F)ccc4c3)CCC2C1. The molecule has 0 nitrogen and oxygen atoms in total. The Morgan fingerprint density at radius 1 is 0.900 bits per heavy atom. The van der Waals surface area contributed by atoms with E-state index < -0.39 is 17.6 Å². The van der Waals surface area contributed by atoms with Gasteiger partial charge in [-0.2, -0.15) is 13.2 Å². The third kappa shape index (κ3) is 4.68. The topological polar surface area (TPSA) is 0 Å². The summed E-state index contributed by atoms with van der Waals surface area (Å²) in [7, 11) is 0. The van der Waals surface area contributed by atoms with Crippen LogP contribution in [-0.4, -0.2) is 0 Å². The first-order chi connectivity index (χ1) is 14.3. The molecule has 0 N–H and O–H groups in total. The second-order valence-corrected chi connectivity index (χ2v) is 9.64. The summed E-state index contributed by atoms with van der Waals surface area (Å²) in [5.41, 5.74) is 0.168. The maximum Gasteiger partial charge on any atom is 0.416 e. The molecule has 0 aliphatic heterocycles. The lowest BCUT2D eigenvalue weighted by atomic mass is 9.63. The Morgan fingerprint density at radius 2 is 1.67 bits per heavy atom. The van der Waals surface area contributed by atoms with Gasteiger partial charge in [0.1, 0.15) is 5.82 Å². The smallest absolute Gasteiger partial charge is 0.206 e. The second-order valence-electron chi connectivity index (χ2n) is 9.64. The van der Waals surface area contributed by atoms with E-state index >= 15 is 0 Å². The van der Waals surface area contributed by atoms with Crippen molar-refractivity contribution in [3.8, 4) is 0 Å². The number of hydrogen-bond acceptors (Lipinski definition) is 0. The zero-order valence-electron chi connectivity index (χ0n) is 17.8. The van der Waals surface area contributed by atoms with E-state index in [4.69, 9.17) is 0 Å². The van der Waals surface area contributed by atoms with Crippen LogP contribution in [0.5, 0.6) is 0 Å². The number of rotatable bonds is 5. The van der Waals surface area contributed by atoms with Crippen molar-refractivity contribution in [3.05, 3.63) is 47.3 Å². The Kier molecular flexibility index (Phi) is 6.41. The Morgan fingerprint density at radius 3 is 2.43 bits per heavy atom. The van der Waals surface area contributed by atoms with Crippen LogP contribution in [0.4, 0.5) is 17.6 Å². The number of unbranched alkanes of at least 4 members (excludes halogenated alkanes) is 2. The molecule has 2 aliphatic carbocycles. The fourth-order valence-corrected chi connectivity index (χ4v) is 5.98. The Labute approximate surface area is 177 Å². The largest absolute Gasteiger partial charge is 0.416 e. The van der Waals surface area contributed by atoms with Crippen molar-refractivity contribution in [3.63, 3.8) is 0 Å². The quantitative estimate of drug-likeness (QED) is 0.335. The molecule has 4 rings (SSSR count). The molecule has 0 saturated heterocycles. The Hall–Kier alpha value is -1.58. The summed E-state index contributed by atoms with van der Waals surface area (Å²) in [5, 5.41) is 0.634. The number of alkyl halides is 3. The van der Waals surface area contributed by atoms with Crippen LogP contribution < -0.4 is 0 Å². The van der Waals surface area contributed by atoms with E-state index in [1.54, 1.807) is 0 Å². The van der Waals surface area contributed by atoms with Gasteiger partial charge in [0.05, 0.1) is 5.56 Å². The van der Waals surface area contributed by atoms with Gasteiger partial charge in [-0.3, -0.25) is 0 Å². The van der Waals surface area contributed by atoms with Crippen molar-refractivity contribution in [2.75, 3.05) is 0 Å². The molecule has 0 heterocycles. The van der Waals surface area contributed by atoms with Crippen LogP contribution in [0.15, 0.2) is 30.3 Å². The van der Waals surface area contributed by atoms with Gasteiger partial charge >= 0.3 is 6.18 Å². The molecule has 0 spiro atoms. The highest BCUT2D eigenvalue weighted by molar-refractivity contribution is 5.84. The summed E-state index contributed by atoms with van der Waals surface area (Å²) >= 11 is 0. The highest BCUT2D eigenvalue weighted by Crippen LogP contribution is 2.49. The first kappa shape index (κ1) is 21.6.